The van der Waals surface area contributed by atoms with Crippen molar-refractivity contribution in [2.45, 2.75) is 25.9 Å². The molecule has 5 heteroatoms. The molecule has 0 aliphatic heterocycles. The molecule has 2 unspecified atom stereocenters. The first-order chi connectivity index (χ1) is 14.5. The van der Waals surface area contributed by atoms with Crippen molar-refractivity contribution in [3.63, 3.8) is 0 Å². The maximum Gasteiger partial charge on any atom is 2.00 e. The monoisotopic (exact) mass is 492 g/mol. The molecule has 2 N–H and O–H groups in total. The summed E-state index contributed by atoms with van der Waals surface area (Å²) in [7, 11) is 0. The van der Waals surface area contributed by atoms with E-state index in [2.05, 4.69) is 73.0 Å². The number of benzene rings is 2. The van der Waals surface area contributed by atoms with E-state index in [0.29, 0.717) is 12.1 Å². The summed E-state index contributed by atoms with van der Waals surface area (Å²) in [6.45, 7) is 4.29. The number of hydrogen-bond donors (Lipinski definition) is 2. The van der Waals surface area contributed by atoms with Crippen molar-refractivity contribution in [1.29, 1.82) is 0 Å². The third-order valence-electron chi connectivity index (χ3n) is 4.83. The van der Waals surface area contributed by atoms with E-state index in [4.69, 9.17) is 23.2 Å². The quantitative estimate of drug-likeness (QED) is 0.208. The first kappa shape index (κ1) is 25.1. The molecule has 0 spiro atoms. The van der Waals surface area contributed by atoms with Gasteiger partial charge in [-0.25, -0.2) is 24.3 Å². The van der Waals surface area contributed by atoms with E-state index in [1.807, 2.05) is 48.5 Å². The second-order valence-corrected chi connectivity index (χ2v) is 8.06. The molecule has 0 aliphatic rings. The van der Waals surface area contributed by atoms with Crippen molar-refractivity contribution in [1.82, 2.24) is 0 Å². The van der Waals surface area contributed by atoms with Gasteiger partial charge in [0.15, 0.2) is 0 Å². The van der Waals surface area contributed by atoms with Crippen LogP contribution in [0.1, 0.15) is 37.1 Å². The third-order valence-corrected chi connectivity index (χ3v) is 5.34. The number of halogens is 2. The number of nitrogens with one attached hydrogen (secondary N) is 2. The van der Waals surface area contributed by atoms with E-state index in [-0.39, 0.29) is 17.1 Å². The van der Waals surface area contributed by atoms with Crippen LogP contribution in [-0.4, -0.2) is 0 Å². The fourth-order valence-corrected chi connectivity index (χ4v) is 3.37. The van der Waals surface area contributed by atoms with Gasteiger partial charge in [-0.1, -0.05) is 23.2 Å². The topological polar surface area (TPSA) is 24.1 Å². The summed E-state index contributed by atoms with van der Waals surface area (Å²) in [6.07, 6.45) is 0. The molecule has 0 fully saturated rings. The van der Waals surface area contributed by atoms with E-state index >= 15 is 0 Å². The Balaban J connectivity index is 0.000000213. The van der Waals surface area contributed by atoms with Crippen molar-refractivity contribution in [2.75, 3.05) is 10.6 Å². The summed E-state index contributed by atoms with van der Waals surface area (Å²) in [5.74, 6) is 0. The van der Waals surface area contributed by atoms with Crippen LogP contribution in [0.5, 0.6) is 0 Å². The zero-order valence-corrected chi connectivity index (χ0v) is 20.1. The molecule has 0 bridgehead atoms. The maximum absolute atomic E-state index is 5.82. The Morgan fingerprint density at radius 1 is 0.613 bits per heavy atom. The van der Waals surface area contributed by atoms with Crippen molar-refractivity contribution >= 4 is 34.6 Å². The zero-order valence-electron chi connectivity index (χ0n) is 17.5. The number of hydrogen-bond acceptors (Lipinski definition) is 2. The van der Waals surface area contributed by atoms with Gasteiger partial charge in [-0.05, 0) is 62.4 Å². The molecule has 0 radical (unpaired) electrons. The summed E-state index contributed by atoms with van der Waals surface area (Å²) < 4.78 is 0. The molecule has 4 aromatic rings. The molecular formula is C26H26Cl2FeN2. The van der Waals surface area contributed by atoms with Crippen molar-refractivity contribution in [3.8, 4) is 0 Å². The molecule has 2 nitrogen and oxygen atoms in total. The van der Waals surface area contributed by atoms with Gasteiger partial charge in [0.25, 0.3) is 0 Å². The second kappa shape index (κ2) is 12.6. The van der Waals surface area contributed by atoms with Gasteiger partial charge < -0.3 is 10.6 Å². The molecule has 2 atom stereocenters. The van der Waals surface area contributed by atoms with Crippen LogP contribution in [0.3, 0.4) is 0 Å². The summed E-state index contributed by atoms with van der Waals surface area (Å²) in [4.78, 5) is 0. The van der Waals surface area contributed by atoms with Gasteiger partial charge in [0.1, 0.15) is 0 Å². The fourth-order valence-electron chi connectivity index (χ4n) is 3.11. The minimum absolute atomic E-state index is 0. The molecule has 4 aromatic carbocycles. The predicted molar refractivity (Wildman–Crippen MR) is 131 cm³/mol. The minimum atomic E-state index is 0. The van der Waals surface area contributed by atoms with Crippen molar-refractivity contribution in [3.05, 3.63) is 118 Å². The van der Waals surface area contributed by atoms with E-state index < -0.39 is 0 Å². The second-order valence-electron chi connectivity index (χ2n) is 7.18. The number of rotatable bonds is 6. The van der Waals surface area contributed by atoms with Crippen LogP contribution in [0.25, 0.3) is 0 Å². The zero-order chi connectivity index (χ0) is 21.3. The fraction of sp³-hybridized carbons (Fsp3) is 0.154. The standard InChI is InChI=1S/2C13H13ClN.Fe/c2*1-10(11-4-2-3-5-11)15-13-8-6-12(14)7-9-13;/h2*2-10,15H,1H3;/q2*-1;+2. The molecule has 0 saturated heterocycles. The summed E-state index contributed by atoms with van der Waals surface area (Å²) in [6, 6.07) is 32.8. The Hall–Kier alpha value is -2.16. The number of anilines is 2. The van der Waals surface area contributed by atoms with Gasteiger partial charge in [0.05, 0.1) is 0 Å². The molecule has 0 saturated carbocycles. The Bertz CT molecular complexity index is 895. The molecule has 0 aliphatic carbocycles. The van der Waals surface area contributed by atoms with Gasteiger partial charge >= 0.3 is 17.1 Å². The van der Waals surface area contributed by atoms with Gasteiger partial charge in [0.2, 0.25) is 0 Å². The van der Waals surface area contributed by atoms with Crippen LogP contribution >= 0.6 is 23.2 Å². The van der Waals surface area contributed by atoms with Crippen LogP contribution in [0, 0.1) is 0 Å². The Morgan fingerprint density at radius 2 is 0.968 bits per heavy atom. The van der Waals surface area contributed by atoms with Crippen molar-refractivity contribution in [2.24, 2.45) is 0 Å². The predicted octanol–water partition coefficient (Wildman–Crippen LogP) is 8.46. The van der Waals surface area contributed by atoms with Gasteiger partial charge in [0, 0.05) is 33.5 Å². The SMILES string of the molecule is CC(Nc1ccc(Cl)cc1)c1ccc[cH-]1.CC(Nc1ccc(Cl)cc1)c1ccc[cH-]1.[Fe+2]. The average Bonchev–Trinajstić information content (AvgIpc) is 3.46. The Labute approximate surface area is 205 Å². The van der Waals surface area contributed by atoms with E-state index in [9.17, 15) is 0 Å². The first-order valence-electron chi connectivity index (χ1n) is 9.98. The van der Waals surface area contributed by atoms with Gasteiger partial charge in [-0.15, -0.1) is 11.1 Å². The molecular weight excluding hydrogens is 467 g/mol. The van der Waals surface area contributed by atoms with E-state index in [1.165, 1.54) is 11.1 Å². The summed E-state index contributed by atoms with van der Waals surface area (Å²) in [5.41, 5.74) is 4.77. The first-order valence-corrected chi connectivity index (χ1v) is 10.7. The molecule has 0 aromatic heterocycles. The van der Waals surface area contributed by atoms with E-state index in [0.717, 1.165) is 21.4 Å². The van der Waals surface area contributed by atoms with Crippen LogP contribution in [0.15, 0.2) is 97.1 Å². The molecule has 162 valence electrons. The van der Waals surface area contributed by atoms with Gasteiger partial charge in [-0.2, -0.15) is 24.3 Å². The average molecular weight is 493 g/mol. The largest absolute Gasteiger partial charge is 2.00 e. The van der Waals surface area contributed by atoms with Crippen LogP contribution in [-0.2, 0) is 17.1 Å². The molecule has 31 heavy (non-hydrogen) atoms. The van der Waals surface area contributed by atoms with Crippen LogP contribution < -0.4 is 10.6 Å². The van der Waals surface area contributed by atoms with Gasteiger partial charge in [-0.3, -0.25) is 0 Å². The Morgan fingerprint density at radius 3 is 1.26 bits per heavy atom. The molecule has 0 heterocycles. The maximum atomic E-state index is 5.82. The van der Waals surface area contributed by atoms with Crippen molar-refractivity contribution < 1.29 is 17.1 Å². The smallest absolute Gasteiger partial charge is 0.381 e. The minimum Gasteiger partial charge on any atom is -0.381 e. The normalized spacial score (nSPS) is 12.0. The molecule has 0 amide bonds. The summed E-state index contributed by atoms with van der Waals surface area (Å²) in [5, 5.41) is 8.36. The Kier molecular flexibility index (Phi) is 10.2. The summed E-state index contributed by atoms with van der Waals surface area (Å²) >= 11 is 11.6. The van der Waals surface area contributed by atoms with Crippen LogP contribution in [0.2, 0.25) is 10.0 Å². The third kappa shape index (κ3) is 8.12. The molecule has 4 rings (SSSR count). The van der Waals surface area contributed by atoms with Crippen LogP contribution in [0.4, 0.5) is 11.4 Å². The van der Waals surface area contributed by atoms with E-state index in [1.54, 1.807) is 0 Å².